The number of thioether (sulfide) groups is 1. The molecule has 0 aliphatic carbocycles. The number of halogens is 1. The molecule has 0 amide bonds. The minimum atomic E-state index is -0.552. The molecule has 34 heavy (non-hydrogen) atoms. The summed E-state index contributed by atoms with van der Waals surface area (Å²) in [6, 6.07) is 5.14. The van der Waals surface area contributed by atoms with Crippen LogP contribution in [-0.2, 0) is 0 Å². The molecular weight excluding hydrogens is 453 g/mol. The second-order valence-corrected chi connectivity index (χ2v) is 10.6. The molecule has 1 aromatic carbocycles. The topological polar surface area (TPSA) is 100.0 Å². The number of rotatable bonds is 5. The Balaban J connectivity index is 1.37. The van der Waals surface area contributed by atoms with Crippen molar-refractivity contribution in [2.45, 2.75) is 61.8 Å². The number of hydrogen-bond donors (Lipinski definition) is 2. The maximum absolute atomic E-state index is 14.3. The molecule has 178 valence electrons. The minimum Gasteiger partial charge on any atom is -0.507 e. The molecule has 10 heteroatoms. The zero-order chi connectivity index (χ0) is 24.1. The van der Waals surface area contributed by atoms with Crippen molar-refractivity contribution in [1.82, 2.24) is 30.5 Å². The van der Waals surface area contributed by atoms with E-state index in [0.29, 0.717) is 34.0 Å². The lowest BCUT2D eigenvalue weighted by Gasteiger charge is -2.45. The summed E-state index contributed by atoms with van der Waals surface area (Å²) in [7, 11) is 2.04. The number of phenols is 1. The summed E-state index contributed by atoms with van der Waals surface area (Å²) in [6.07, 6.45) is 9.10. The fourth-order valence-electron chi connectivity index (χ4n) is 5.36. The molecule has 2 aliphatic heterocycles. The third kappa shape index (κ3) is 4.20. The Morgan fingerprint density at radius 3 is 2.47 bits per heavy atom. The van der Waals surface area contributed by atoms with Crippen molar-refractivity contribution in [2.75, 3.05) is 18.2 Å². The monoisotopic (exact) mass is 481 g/mol. The average Bonchev–Trinajstić information content (AvgIpc) is 3.05. The van der Waals surface area contributed by atoms with Crippen LogP contribution in [0.25, 0.3) is 22.6 Å². The summed E-state index contributed by atoms with van der Waals surface area (Å²) in [6.45, 7) is 4.60. The van der Waals surface area contributed by atoms with E-state index in [-0.39, 0.29) is 22.5 Å². The van der Waals surface area contributed by atoms with E-state index in [4.69, 9.17) is 0 Å². The van der Waals surface area contributed by atoms with E-state index in [1.54, 1.807) is 18.3 Å². The Morgan fingerprint density at radius 2 is 1.85 bits per heavy atom. The molecule has 0 saturated carbocycles. The number of piperidine rings is 1. The molecule has 0 radical (unpaired) electrons. The highest BCUT2D eigenvalue weighted by Gasteiger charge is 2.49. The number of benzene rings is 1. The first-order chi connectivity index (χ1) is 16.2. The zero-order valence-electron chi connectivity index (χ0n) is 19.7. The van der Waals surface area contributed by atoms with E-state index >= 15 is 0 Å². The largest absolute Gasteiger partial charge is 0.507 e. The third-order valence-corrected chi connectivity index (χ3v) is 7.64. The minimum absolute atomic E-state index is 0.0695. The number of fused-ring (bicyclic) bond motifs is 2. The van der Waals surface area contributed by atoms with Crippen molar-refractivity contribution in [3.8, 4) is 28.4 Å². The van der Waals surface area contributed by atoms with Gasteiger partial charge in [0.15, 0.2) is 22.6 Å². The predicted molar refractivity (Wildman–Crippen MR) is 130 cm³/mol. The van der Waals surface area contributed by atoms with E-state index in [0.717, 1.165) is 19.0 Å². The number of nitrogens with one attached hydrogen (secondary N) is 1. The number of hydrogen-bond acceptors (Lipinski definition) is 9. The molecule has 0 spiro atoms. The summed E-state index contributed by atoms with van der Waals surface area (Å²) in [5, 5.41) is 23.6. The third-order valence-electron chi connectivity index (χ3n) is 7.08. The van der Waals surface area contributed by atoms with Crippen molar-refractivity contribution < 1.29 is 9.50 Å². The van der Waals surface area contributed by atoms with Crippen LogP contribution in [0, 0.1) is 5.82 Å². The van der Waals surface area contributed by atoms with Crippen LogP contribution in [0.15, 0.2) is 35.7 Å². The predicted octanol–water partition coefficient (Wildman–Crippen LogP) is 4.06. The van der Waals surface area contributed by atoms with Gasteiger partial charge in [0.25, 0.3) is 0 Å². The van der Waals surface area contributed by atoms with Gasteiger partial charge in [-0.15, -0.1) is 10.2 Å². The maximum atomic E-state index is 14.3. The molecule has 4 heterocycles. The Labute approximate surface area is 202 Å². The van der Waals surface area contributed by atoms with Crippen LogP contribution in [0.3, 0.4) is 0 Å². The highest BCUT2D eigenvalue weighted by molar-refractivity contribution is 7.98. The maximum Gasteiger partial charge on any atom is 0.187 e. The molecule has 2 N–H and O–H groups in total. The standard InChI is InChI=1S/C24H28FN7OS/c1-23-7-8-24(2,31-23)11-15(10-23)32(3)19-13-26-21(30-29-19)16-6-5-14(9-18(16)33)20-17(25)12-27-22(28-20)34-4/h5-6,9,12-13,15,31,33H,7-8,10-11H2,1-4H3/t15?,23-,24+. The van der Waals surface area contributed by atoms with Crippen LogP contribution >= 0.6 is 11.8 Å². The fraction of sp³-hybridized carbons (Fsp3) is 0.458. The van der Waals surface area contributed by atoms with Gasteiger partial charge < -0.3 is 15.3 Å². The molecule has 2 aliphatic rings. The Kier molecular flexibility index (Phi) is 5.68. The van der Waals surface area contributed by atoms with Gasteiger partial charge in [0.05, 0.1) is 18.0 Å². The van der Waals surface area contributed by atoms with Crippen LogP contribution in [0.5, 0.6) is 5.75 Å². The molecule has 2 fully saturated rings. The lowest BCUT2D eigenvalue weighted by atomic mass is 9.84. The highest BCUT2D eigenvalue weighted by Crippen LogP contribution is 2.43. The van der Waals surface area contributed by atoms with Gasteiger partial charge in [-0.25, -0.2) is 19.3 Å². The van der Waals surface area contributed by atoms with Crippen molar-refractivity contribution in [3.05, 3.63) is 36.4 Å². The van der Waals surface area contributed by atoms with Gasteiger partial charge in [-0.3, -0.25) is 0 Å². The van der Waals surface area contributed by atoms with Gasteiger partial charge >= 0.3 is 0 Å². The molecule has 1 unspecified atom stereocenters. The van der Waals surface area contributed by atoms with E-state index in [1.165, 1.54) is 30.7 Å². The Bertz CT molecular complexity index is 1210. The second kappa shape index (κ2) is 8.42. The quantitative estimate of drug-likeness (QED) is 0.413. The molecule has 8 nitrogen and oxygen atoms in total. The number of nitrogens with zero attached hydrogens (tertiary/aromatic N) is 6. The molecule has 2 bridgehead atoms. The Hall–Kier alpha value is -2.85. The first-order valence-corrected chi connectivity index (χ1v) is 12.5. The molecule has 2 aromatic heterocycles. The van der Waals surface area contributed by atoms with Gasteiger partial charge in [-0.05, 0) is 57.9 Å². The lowest BCUT2D eigenvalue weighted by Crippen LogP contribution is -2.58. The summed E-state index contributed by atoms with van der Waals surface area (Å²) in [4.78, 5) is 14.8. The SMILES string of the molecule is CSc1ncc(F)c(-c2ccc(-c3ncc(N(C)C4C[C@]5(C)CC[C@](C)(C4)N5)nn3)c(O)c2)n1. The van der Waals surface area contributed by atoms with Crippen LogP contribution < -0.4 is 10.2 Å². The van der Waals surface area contributed by atoms with E-state index in [1.807, 2.05) is 13.3 Å². The number of anilines is 1. The summed E-state index contributed by atoms with van der Waals surface area (Å²) in [5.74, 6) is 0.383. The molecule has 3 atom stereocenters. The Morgan fingerprint density at radius 1 is 1.12 bits per heavy atom. The van der Waals surface area contributed by atoms with Gasteiger partial charge in [-0.2, -0.15) is 0 Å². The summed E-state index contributed by atoms with van der Waals surface area (Å²) < 4.78 is 14.3. The molecular formula is C24H28FN7OS. The summed E-state index contributed by atoms with van der Waals surface area (Å²) >= 11 is 1.32. The van der Waals surface area contributed by atoms with E-state index in [9.17, 15) is 9.50 Å². The lowest BCUT2D eigenvalue weighted by molar-refractivity contribution is 0.207. The number of phenolic OH excluding ortho intramolecular Hbond substituents is 1. The van der Waals surface area contributed by atoms with Gasteiger partial charge in [0.1, 0.15) is 11.4 Å². The van der Waals surface area contributed by atoms with Crippen molar-refractivity contribution in [1.29, 1.82) is 0 Å². The zero-order valence-corrected chi connectivity index (χ0v) is 20.5. The number of aromatic nitrogens is 5. The van der Waals surface area contributed by atoms with Gasteiger partial charge in [0.2, 0.25) is 0 Å². The molecule has 2 saturated heterocycles. The van der Waals surface area contributed by atoms with Gasteiger partial charge in [0, 0.05) is 29.7 Å². The van der Waals surface area contributed by atoms with Crippen LogP contribution in [0.4, 0.5) is 10.2 Å². The van der Waals surface area contributed by atoms with Crippen LogP contribution in [-0.4, -0.2) is 60.7 Å². The first kappa shape index (κ1) is 22.9. The second-order valence-electron chi connectivity index (χ2n) is 9.84. The van der Waals surface area contributed by atoms with E-state index < -0.39 is 5.82 Å². The summed E-state index contributed by atoms with van der Waals surface area (Å²) in [5.41, 5.74) is 1.31. The van der Waals surface area contributed by atoms with E-state index in [2.05, 4.69) is 49.2 Å². The van der Waals surface area contributed by atoms with Crippen LogP contribution in [0.1, 0.15) is 39.5 Å². The average molecular weight is 482 g/mol. The van der Waals surface area contributed by atoms with Crippen molar-refractivity contribution in [2.24, 2.45) is 0 Å². The highest BCUT2D eigenvalue weighted by atomic mass is 32.2. The first-order valence-electron chi connectivity index (χ1n) is 11.3. The van der Waals surface area contributed by atoms with Crippen molar-refractivity contribution in [3.63, 3.8) is 0 Å². The molecule has 5 rings (SSSR count). The van der Waals surface area contributed by atoms with Crippen LogP contribution in [0.2, 0.25) is 0 Å². The number of aromatic hydroxyl groups is 1. The van der Waals surface area contributed by atoms with Gasteiger partial charge in [-0.1, -0.05) is 17.8 Å². The smallest absolute Gasteiger partial charge is 0.187 e. The normalized spacial score (nSPS) is 26.0. The fourth-order valence-corrected chi connectivity index (χ4v) is 5.70. The molecule has 3 aromatic rings. The van der Waals surface area contributed by atoms with Crippen molar-refractivity contribution >= 4 is 17.6 Å².